The lowest BCUT2D eigenvalue weighted by molar-refractivity contribution is 0.124. The standard InChI is InChI=1S/C34H34N8O4/c1-33(2)14-20(16-38-41-36)15-34(17-33)27-7-5-4-6-23(27)32-26-12-31(45-18-35)25(11-24(26)29(40-43)13-28(32)34)22-9-8-21(44-3)10-30(22)46-19-39-42-37/h4-13,20H,14-19,35H2,1-3H3. The van der Waals surface area contributed by atoms with E-state index in [0.29, 0.717) is 46.0 Å². The third kappa shape index (κ3) is 5.22. The van der Waals surface area contributed by atoms with E-state index in [0.717, 1.165) is 41.3 Å². The molecule has 2 unspecified atom stereocenters. The largest absolute Gasteiger partial charge is 0.497 e. The first-order valence-electron chi connectivity index (χ1n) is 15.0. The molecular weight excluding hydrogens is 584 g/mol. The van der Waals surface area contributed by atoms with Crippen LogP contribution in [-0.4, -0.2) is 27.1 Å². The minimum absolute atomic E-state index is 0.0512. The van der Waals surface area contributed by atoms with Crippen molar-refractivity contribution in [1.82, 2.24) is 0 Å². The molecule has 2 aliphatic rings. The number of ether oxygens (including phenoxy) is 3. The number of rotatable bonds is 10. The SMILES string of the molecule is COc1ccc(-c2cc3c(N=O)cc4c(c3cc2OCN)-c2ccccc2C42CC(CN=[N+]=[N-])CC(C)(C)C2)c(OCN=[N+]=[N-])c1. The van der Waals surface area contributed by atoms with Crippen molar-refractivity contribution < 1.29 is 14.2 Å². The Morgan fingerprint density at radius 3 is 2.41 bits per heavy atom. The smallest absolute Gasteiger partial charge is 0.167 e. The van der Waals surface area contributed by atoms with Crippen LogP contribution >= 0.6 is 0 Å². The maximum Gasteiger partial charge on any atom is 0.167 e. The van der Waals surface area contributed by atoms with Crippen molar-refractivity contribution in [3.05, 3.63) is 97.6 Å². The first-order chi connectivity index (χ1) is 22.3. The molecule has 12 heteroatoms. The van der Waals surface area contributed by atoms with Gasteiger partial charge >= 0.3 is 0 Å². The first kappa shape index (κ1) is 30.7. The minimum atomic E-state index is -0.400. The van der Waals surface area contributed by atoms with Gasteiger partial charge in [-0.15, -0.1) is 4.91 Å². The maximum absolute atomic E-state index is 12.6. The Balaban J connectivity index is 1.64. The summed E-state index contributed by atoms with van der Waals surface area (Å²) in [5.74, 6) is 1.60. The topological polar surface area (TPSA) is 181 Å². The van der Waals surface area contributed by atoms with Crippen molar-refractivity contribution in [2.75, 3.05) is 27.1 Å². The second-order valence-corrected chi connectivity index (χ2v) is 12.6. The van der Waals surface area contributed by atoms with Crippen LogP contribution < -0.4 is 19.9 Å². The van der Waals surface area contributed by atoms with Crippen molar-refractivity contribution >= 4 is 16.5 Å². The van der Waals surface area contributed by atoms with Gasteiger partial charge in [-0.25, -0.2) is 0 Å². The highest BCUT2D eigenvalue weighted by atomic mass is 16.5. The molecule has 4 aromatic carbocycles. The Labute approximate surface area is 265 Å². The number of hydrogen-bond donors (Lipinski definition) is 1. The molecular formula is C34H34N8O4. The molecule has 234 valence electrons. The zero-order chi connectivity index (χ0) is 32.5. The summed E-state index contributed by atoms with van der Waals surface area (Å²) in [4.78, 5) is 18.5. The van der Waals surface area contributed by atoms with Crippen LogP contribution in [0.15, 0.2) is 76.1 Å². The molecule has 2 N–H and O–H groups in total. The molecule has 12 nitrogen and oxygen atoms in total. The van der Waals surface area contributed by atoms with Gasteiger partial charge in [0.05, 0.1) is 7.11 Å². The molecule has 0 aliphatic heterocycles. The predicted octanol–water partition coefficient (Wildman–Crippen LogP) is 9.26. The highest BCUT2D eigenvalue weighted by Gasteiger charge is 2.51. The number of azide groups is 2. The fraction of sp³-hybridized carbons (Fsp3) is 0.353. The molecule has 46 heavy (non-hydrogen) atoms. The van der Waals surface area contributed by atoms with Crippen molar-refractivity contribution in [3.63, 3.8) is 0 Å². The van der Waals surface area contributed by atoms with E-state index in [9.17, 15) is 4.91 Å². The Morgan fingerprint density at radius 1 is 0.891 bits per heavy atom. The Hall–Kier alpha value is -5.28. The van der Waals surface area contributed by atoms with Gasteiger partial charge in [0.2, 0.25) is 0 Å². The second-order valence-electron chi connectivity index (χ2n) is 12.6. The van der Waals surface area contributed by atoms with E-state index < -0.39 is 5.41 Å². The maximum atomic E-state index is 12.6. The lowest BCUT2D eigenvalue weighted by Crippen LogP contribution is -2.41. The Morgan fingerprint density at radius 2 is 1.67 bits per heavy atom. The third-order valence-electron chi connectivity index (χ3n) is 9.26. The average molecular weight is 619 g/mol. The van der Waals surface area contributed by atoms with Crippen LogP contribution in [0.25, 0.3) is 53.9 Å². The molecule has 2 aliphatic carbocycles. The fourth-order valence-electron chi connectivity index (χ4n) is 7.95. The molecule has 0 radical (unpaired) electrons. The number of nitrogens with two attached hydrogens (primary N) is 1. The lowest BCUT2D eigenvalue weighted by atomic mass is 9.56. The summed E-state index contributed by atoms with van der Waals surface area (Å²) < 4.78 is 17.3. The van der Waals surface area contributed by atoms with E-state index in [-0.39, 0.29) is 24.8 Å². The summed E-state index contributed by atoms with van der Waals surface area (Å²) in [5, 5.41) is 12.5. The minimum Gasteiger partial charge on any atom is -0.497 e. The van der Waals surface area contributed by atoms with Gasteiger partial charge in [0.25, 0.3) is 0 Å². The van der Waals surface area contributed by atoms with E-state index in [1.165, 1.54) is 5.56 Å². The average Bonchev–Trinajstić information content (AvgIpc) is 3.30. The molecule has 0 saturated heterocycles. The molecule has 2 atom stereocenters. The first-order valence-corrected chi connectivity index (χ1v) is 15.0. The summed E-state index contributed by atoms with van der Waals surface area (Å²) in [6.45, 7) is 4.60. The van der Waals surface area contributed by atoms with Crippen molar-refractivity contribution in [2.24, 2.45) is 32.5 Å². The number of nitroso groups, excluding NO2 is 1. The van der Waals surface area contributed by atoms with Crippen molar-refractivity contribution in [1.29, 1.82) is 0 Å². The number of methoxy groups -OCH3 is 1. The molecule has 1 saturated carbocycles. The number of nitrogens with zero attached hydrogens (tertiary/aromatic N) is 7. The van der Waals surface area contributed by atoms with Gasteiger partial charge in [0.15, 0.2) is 6.73 Å². The second kappa shape index (κ2) is 12.3. The van der Waals surface area contributed by atoms with Gasteiger partial charge in [0, 0.05) is 44.4 Å². The highest BCUT2D eigenvalue weighted by molar-refractivity contribution is 6.10. The van der Waals surface area contributed by atoms with Crippen LogP contribution in [0.2, 0.25) is 0 Å². The Bertz CT molecular complexity index is 1950. The molecule has 1 fully saturated rings. The molecule has 6 rings (SSSR count). The quantitative estimate of drug-likeness (QED) is 0.0610. The summed E-state index contributed by atoms with van der Waals surface area (Å²) in [7, 11) is 1.55. The summed E-state index contributed by atoms with van der Waals surface area (Å²) in [5.41, 5.74) is 29.3. The molecule has 0 amide bonds. The van der Waals surface area contributed by atoms with E-state index in [1.54, 1.807) is 19.2 Å². The van der Waals surface area contributed by atoms with E-state index in [4.69, 9.17) is 31.0 Å². The van der Waals surface area contributed by atoms with Gasteiger partial charge in [0.1, 0.15) is 29.7 Å². The van der Waals surface area contributed by atoms with Crippen molar-refractivity contribution in [3.8, 4) is 39.5 Å². The molecule has 0 aromatic heterocycles. The van der Waals surface area contributed by atoms with E-state index in [1.807, 2.05) is 30.3 Å². The molecule has 4 aromatic rings. The van der Waals surface area contributed by atoms with Gasteiger partial charge in [-0.3, -0.25) is 5.73 Å². The molecule has 1 spiro atoms. The van der Waals surface area contributed by atoms with Crippen LogP contribution in [0.1, 0.15) is 44.2 Å². The highest BCUT2D eigenvalue weighted by Crippen LogP contribution is 2.63. The lowest BCUT2D eigenvalue weighted by Gasteiger charge is -2.48. The summed E-state index contributed by atoms with van der Waals surface area (Å²) in [6, 6.07) is 19.4. The van der Waals surface area contributed by atoms with Gasteiger partial charge < -0.3 is 14.2 Å². The molecule has 0 bridgehead atoms. The normalized spacial score (nSPS) is 19.0. The summed E-state index contributed by atoms with van der Waals surface area (Å²) in [6.07, 6.45) is 2.58. The zero-order valence-corrected chi connectivity index (χ0v) is 25.9. The third-order valence-corrected chi connectivity index (χ3v) is 9.26. The van der Waals surface area contributed by atoms with Crippen LogP contribution in [0.4, 0.5) is 5.69 Å². The van der Waals surface area contributed by atoms with Crippen LogP contribution in [0, 0.1) is 16.2 Å². The Kier molecular flexibility index (Phi) is 8.19. The van der Waals surface area contributed by atoms with Gasteiger partial charge in [-0.1, -0.05) is 48.3 Å². The van der Waals surface area contributed by atoms with E-state index in [2.05, 4.69) is 57.3 Å². The summed E-state index contributed by atoms with van der Waals surface area (Å²) >= 11 is 0. The van der Waals surface area contributed by atoms with E-state index >= 15 is 0 Å². The predicted molar refractivity (Wildman–Crippen MR) is 177 cm³/mol. The van der Waals surface area contributed by atoms with Crippen LogP contribution in [0.3, 0.4) is 0 Å². The van der Waals surface area contributed by atoms with Gasteiger partial charge in [-0.05, 0) is 105 Å². The number of hydrogen-bond acceptors (Lipinski definition) is 8. The zero-order valence-electron chi connectivity index (χ0n) is 25.9. The molecule has 0 heterocycles. The monoisotopic (exact) mass is 618 g/mol. The van der Waals surface area contributed by atoms with Gasteiger partial charge in [-0.2, -0.15) is 0 Å². The number of benzene rings is 4. The fourth-order valence-corrected chi connectivity index (χ4v) is 7.95. The van der Waals surface area contributed by atoms with Crippen LogP contribution in [-0.2, 0) is 5.41 Å². The van der Waals surface area contributed by atoms with Crippen molar-refractivity contribution in [2.45, 2.75) is 38.5 Å². The van der Waals surface area contributed by atoms with Crippen LogP contribution in [0.5, 0.6) is 17.2 Å². The number of fused-ring (bicyclic) bond motifs is 7.